The maximum Gasteiger partial charge on any atom is 0.345 e. The van der Waals surface area contributed by atoms with Gasteiger partial charge in [-0.05, 0) is 18.3 Å². The number of anilines is 1. The van der Waals surface area contributed by atoms with Crippen LogP contribution in [-0.4, -0.2) is 47.9 Å². The Morgan fingerprint density at radius 1 is 1.65 bits per heavy atom. The lowest BCUT2D eigenvalue weighted by Gasteiger charge is -2.18. The van der Waals surface area contributed by atoms with E-state index < -0.39 is 4.92 Å². The van der Waals surface area contributed by atoms with Crippen molar-refractivity contribution in [2.75, 3.05) is 37.8 Å². The summed E-state index contributed by atoms with van der Waals surface area (Å²) in [7, 11) is 0. The van der Waals surface area contributed by atoms with Gasteiger partial charge in [0.1, 0.15) is 6.20 Å². The van der Waals surface area contributed by atoms with Crippen molar-refractivity contribution < 1.29 is 14.8 Å². The quantitative estimate of drug-likeness (QED) is 0.424. The molecule has 1 aromatic rings. The standard InChI is InChI=1S/C9H15N3O4S/c1-2-11(3-5-16-6-4-13)9-10-7-8(17-9)12(14)15/h7,13H,2-6H2,1H3. The van der Waals surface area contributed by atoms with Gasteiger partial charge in [0.25, 0.3) is 0 Å². The van der Waals surface area contributed by atoms with Crippen LogP contribution in [-0.2, 0) is 4.74 Å². The third kappa shape index (κ3) is 4.25. The SMILES string of the molecule is CCN(CCOCCO)c1ncc([N+](=O)[O-])s1. The smallest absolute Gasteiger partial charge is 0.345 e. The molecule has 0 fully saturated rings. The maximum absolute atomic E-state index is 10.5. The van der Waals surface area contributed by atoms with Crippen molar-refractivity contribution in [3.05, 3.63) is 16.3 Å². The number of aliphatic hydroxyl groups excluding tert-OH is 1. The number of rotatable bonds is 8. The second-order valence-corrected chi connectivity index (χ2v) is 4.14. The molecule has 0 aromatic carbocycles. The number of aromatic nitrogens is 1. The second kappa shape index (κ2) is 7.15. The summed E-state index contributed by atoms with van der Waals surface area (Å²) in [5.41, 5.74) is 0. The zero-order chi connectivity index (χ0) is 12.7. The number of thiazole rings is 1. The minimum atomic E-state index is -0.447. The second-order valence-electron chi connectivity index (χ2n) is 3.15. The molecule has 1 heterocycles. The Hall–Kier alpha value is -1.25. The van der Waals surface area contributed by atoms with Crippen molar-refractivity contribution in [2.24, 2.45) is 0 Å². The van der Waals surface area contributed by atoms with Crippen molar-refractivity contribution in [3.63, 3.8) is 0 Å². The van der Waals surface area contributed by atoms with Crippen LogP contribution in [0.2, 0.25) is 0 Å². The van der Waals surface area contributed by atoms with Gasteiger partial charge >= 0.3 is 5.00 Å². The van der Waals surface area contributed by atoms with Gasteiger partial charge in [-0.1, -0.05) is 0 Å². The normalized spacial score (nSPS) is 10.5. The molecule has 8 heteroatoms. The summed E-state index contributed by atoms with van der Waals surface area (Å²) < 4.78 is 5.14. The molecule has 7 nitrogen and oxygen atoms in total. The zero-order valence-corrected chi connectivity index (χ0v) is 10.4. The topological polar surface area (TPSA) is 88.7 Å². The Labute approximate surface area is 103 Å². The summed E-state index contributed by atoms with van der Waals surface area (Å²) >= 11 is 1.05. The number of likely N-dealkylation sites (N-methyl/N-ethyl adjacent to an activating group) is 1. The van der Waals surface area contributed by atoms with Crippen molar-refractivity contribution >= 4 is 21.5 Å². The van der Waals surface area contributed by atoms with E-state index in [4.69, 9.17) is 9.84 Å². The first-order chi connectivity index (χ1) is 8.19. The Bertz CT molecular complexity index is 358. The Morgan fingerprint density at radius 3 is 2.94 bits per heavy atom. The highest BCUT2D eigenvalue weighted by Gasteiger charge is 2.15. The number of hydrogen-bond donors (Lipinski definition) is 1. The molecular formula is C9H15N3O4S. The molecule has 0 aliphatic carbocycles. The largest absolute Gasteiger partial charge is 0.394 e. The van der Waals surface area contributed by atoms with Gasteiger partial charge in [-0.25, -0.2) is 4.98 Å². The lowest BCUT2D eigenvalue weighted by Crippen LogP contribution is -2.27. The van der Waals surface area contributed by atoms with E-state index in [0.717, 1.165) is 11.3 Å². The number of aliphatic hydroxyl groups is 1. The fraction of sp³-hybridized carbons (Fsp3) is 0.667. The predicted molar refractivity (Wildman–Crippen MR) is 64.6 cm³/mol. The molecule has 0 saturated heterocycles. The van der Waals surface area contributed by atoms with Crippen molar-refractivity contribution in [3.8, 4) is 0 Å². The molecule has 0 atom stereocenters. The van der Waals surface area contributed by atoms with Crippen molar-refractivity contribution in [1.29, 1.82) is 0 Å². The molecular weight excluding hydrogens is 246 g/mol. The van der Waals surface area contributed by atoms with Crippen LogP contribution in [0.25, 0.3) is 0 Å². The maximum atomic E-state index is 10.5. The summed E-state index contributed by atoms with van der Waals surface area (Å²) in [5.74, 6) is 0. The molecule has 0 saturated carbocycles. The van der Waals surface area contributed by atoms with Crippen molar-refractivity contribution in [2.45, 2.75) is 6.92 Å². The van der Waals surface area contributed by atoms with Crippen LogP contribution < -0.4 is 4.90 Å². The molecule has 0 aliphatic rings. The van der Waals surface area contributed by atoms with E-state index in [-0.39, 0.29) is 11.6 Å². The minimum Gasteiger partial charge on any atom is -0.394 e. The van der Waals surface area contributed by atoms with Gasteiger partial charge < -0.3 is 14.7 Å². The average molecular weight is 261 g/mol. The number of nitrogens with zero attached hydrogens (tertiary/aromatic N) is 3. The predicted octanol–water partition coefficient (Wildman–Crippen LogP) is 0.887. The molecule has 0 amide bonds. The molecule has 1 aromatic heterocycles. The van der Waals surface area contributed by atoms with E-state index in [9.17, 15) is 10.1 Å². The van der Waals surface area contributed by atoms with E-state index in [0.29, 0.717) is 31.4 Å². The fourth-order valence-electron chi connectivity index (χ4n) is 1.22. The van der Waals surface area contributed by atoms with Gasteiger partial charge in [-0.15, -0.1) is 0 Å². The summed E-state index contributed by atoms with van der Waals surface area (Å²) in [6, 6.07) is 0. The first kappa shape index (κ1) is 13.8. The molecule has 0 spiro atoms. The summed E-state index contributed by atoms with van der Waals surface area (Å²) in [4.78, 5) is 16.0. The molecule has 0 radical (unpaired) electrons. The fourth-order valence-corrected chi connectivity index (χ4v) is 2.04. The highest BCUT2D eigenvalue weighted by Crippen LogP contribution is 2.27. The van der Waals surface area contributed by atoms with E-state index in [1.165, 1.54) is 6.20 Å². The van der Waals surface area contributed by atoms with E-state index in [1.54, 1.807) is 0 Å². The van der Waals surface area contributed by atoms with E-state index >= 15 is 0 Å². The average Bonchev–Trinajstić information content (AvgIpc) is 2.79. The van der Waals surface area contributed by atoms with Gasteiger partial charge in [0.15, 0.2) is 5.13 Å². The van der Waals surface area contributed by atoms with Gasteiger partial charge in [0, 0.05) is 13.1 Å². The lowest BCUT2D eigenvalue weighted by molar-refractivity contribution is -0.380. The number of ether oxygens (including phenoxy) is 1. The van der Waals surface area contributed by atoms with Crippen LogP contribution in [0.5, 0.6) is 0 Å². The summed E-state index contributed by atoms with van der Waals surface area (Å²) in [6.45, 7) is 4.00. The van der Waals surface area contributed by atoms with Crippen LogP contribution in [0.3, 0.4) is 0 Å². The molecule has 96 valence electrons. The highest BCUT2D eigenvalue weighted by atomic mass is 32.1. The Kier molecular flexibility index (Phi) is 5.81. The van der Waals surface area contributed by atoms with Gasteiger partial charge in [0.2, 0.25) is 0 Å². The van der Waals surface area contributed by atoms with Crippen molar-refractivity contribution in [1.82, 2.24) is 4.98 Å². The molecule has 0 unspecified atom stereocenters. The molecule has 17 heavy (non-hydrogen) atoms. The van der Waals surface area contributed by atoms with Gasteiger partial charge in [-0.3, -0.25) is 10.1 Å². The third-order valence-corrected chi connectivity index (χ3v) is 3.06. The van der Waals surface area contributed by atoms with Crippen LogP contribution in [0, 0.1) is 10.1 Å². The molecule has 1 N–H and O–H groups in total. The first-order valence-corrected chi connectivity index (χ1v) is 6.04. The highest BCUT2D eigenvalue weighted by molar-refractivity contribution is 7.18. The zero-order valence-electron chi connectivity index (χ0n) is 9.53. The summed E-state index contributed by atoms with van der Waals surface area (Å²) in [6.07, 6.45) is 1.26. The number of hydrogen-bond acceptors (Lipinski definition) is 7. The third-order valence-electron chi connectivity index (χ3n) is 2.05. The Morgan fingerprint density at radius 2 is 2.41 bits per heavy atom. The van der Waals surface area contributed by atoms with Gasteiger partial charge in [0.05, 0.1) is 24.7 Å². The molecule has 1 rings (SSSR count). The van der Waals surface area contributed by atoms with Gasteiger partial charge in [-0.2, -0.15) is 0 Å². The lowest BCUT2D eigenvalue weighted by atomic mass is 10.5. The first-order valence-electron chi connectivity index (χ1n) is 5.22. The Balaban J connectivity index is 2.50. The number of nitro groups is 1. The van der Waals surface area contributed by atoms with Crippen LogP contribution in [0.15, 0.2) is 6.20 Å². The van der Waals surface area contributed by atoms with E-state index in [2.05, 4.69) is 4.98 Å². The molecule has 0 aliphatic heterocycles. The van der Waals surface area contributed by atoms with Crippen LogP contribution in [0.4, 0.5) is 10.1 Å². The summed E-state index contributed by atoms with van der Waals surface area (Å²) in [5, 5.41) is 19.7. The van der Waals surface area contributed by atoms with E-state index in [1.807, 2.05) is 11.8 Å². The van der Waals surface area contributed by atoms with Crippen LogP contribution >= 0.6 is 11.3 Å². The van der Waals surface area contributed by atoms with Crippen LogP contribution in [0.1, 0.15) is 6.92 Å². The molecule has 0 bridgehead atoms. The monoisotopic (exact) mass is 261 g/mol. The minimum absolute atomic E-state index is 0.00511.